The summed E-state index contributed by atoms with van der Waals surface area (Å²) < 4.78 is 0. The predicted molar refractivity (Wildman–Crippen MR) is 79.0 cm³/mol. The fraction of sp³-hybridized carbons (Fsp3) is 0.429. The van der Waals surface area contributed by atoms with E-state index in [-0.39, 0.29) is 11.6 Å². The summed E-state index contributed by atoms with van der Waals surface area (Å²) in [5.41, 5.74) is 2.20. The van der Waals surface area contributed by atoms with Crippen LogP contribution in [-0.4, -0.2) is 40.1 Å². The zero-order valence-corrected chi connectivity index (χ0v) is 12.4. The number of carbonyl (C=O) groups excluding carboxylic acids is 1. The Balaban J connectivity index is 1.98. The minimum absolute atomic E-state index is 0.0982. The van der Waals surface area contributed by atoms with E-state index in [1.165, 1.54) is 0 Å². The summed E-state index contributed by atoms with van der Waals surface area (Å²) in [6.45, 7) is 3.70. The van der Waals surface area contributed by atoms with Gasteiger partial charge in [-0.15, -0.1) is 0 Å². The van der Waals surface area contributed by atoms with Crippen molar-refractivity contribution in [3.8, 4) is 0 Å². The first-order valence-corrected chi connectivity index (χ1v) is 7.70. The molecule has 2 N–H and O–H groups in total. The van der Waals surface area contributed by atoms with Crippen molar-refractivity contribution < 1.29 is 14.7 Å². The molecule has 2 rings (SSSR count). The summed E-state index contributed by atoms with van der Waals surface area (Å²) in [4.78, 5) is 24.7. The molecule has 0 fully saturated rings. The number of aromatic carboxylic acids is 1. The molecule has 1 aromatic rings. The molecule has 2 amide bonds. The summed E-state index contributed by atoms with van der Waals surface area (Å²) in [5.74, 6) is -0.940. The second kappa shape index (κ2) is 6.17. The van der Waals surface area contributed by atoms with Crippen molar-refractivity contribution in [1.82, 2.24) is 10.2 Å². The van der Waals surface area contributed by atoms with E-state index in [0.717, 1.165) is 11.1 Å². The summed E-state index contributed by atoms with van der Waals surface area (Å²) in [6.07, 6.45) is 2.01. The van der Waals surface area contributed by atoms with E-state index in [0.29, 0.717) is 24.9 Å². The van der Waals surface area contributed by atoms with E-state index < -0.39 is 5.97 Å². The number of thioether (sulfide) groups is 1. The number of benzene rings is 1. The molecule has 0 saturated carbocycles. The highest BCUT2D eigenvalue weighted by Gasteiger charge is 2.24. The summed E-state index contributed by atoms with van der Waals surface area (Å²) in [7, 11) is 0. The van der Waals surface area contributed by atoms with Crippen molar-refractivity contribution in [3.05, 3.63) is 34.9 Å². The van der Waals surface area contributed by atoms with Gasteiger partial charge in [0.1, 0.15) is 0 Å². The number of urea groups is 1. The van der Waals surface area contributed by atoms with Gasteiger partial charge in [0.25, 0.3) is 0 Å². The molecule has 20 heavy (non-hydrogen) atoms. The standard InChI is InChI=1S/C14H18N2O3S/c1-9(20-2)6-15-14(19)16-7-11-4-3-10(13(17)18)5-12(11)8-16/h3-5,9H,6-8H2,1-2H3,(H,15,19)(H,17,18). The van der Waals surface area contributed by atoms with Crippen LogP contribution in [0.25, 0.3) is 0 Å². The van der Waals surface area contributed by atoms with Crippen LogP contribution in [0.2, 0.25) is 0 Å². The second-order valence-electron chi connectivity index (χ2n) is 4.88. The van der Waals surface area contributed by atoms with Gasteiger partial charge in [-0.25, -0.2) is 9.59 Å². The number of rotatable bonds is 4. The molecule has 1 aliphatic rings. The first-order chi connectivity index (χ1) is 9.51. The Morgan fingerprint density at radius 1 is 1.40 bits per heavy atom. The van der Waals surface area contributed by atoms with Crippen LogP contribution in [-0.2, 0) is 13.1 Å². The van der Waals surface area contributed by atoms with Crippen LogP contribution in [0.4, 0.5) is 4.79 Å². The zero-order valence-electron chi connectivity index (χ0n) is 11.5. The number of hydrogen-bond donors (Lipinski definition) is 2. The highest BCUT2D eigenvalue weighted by atomic mass is 32.2. The van der Waals surface area contributed by atoms with Crippen molar-refractivity contribution in [1.29, 1.82) is 0 Å². The first-order valence-electron chi connectivity index (χ1n) is 6.42. The second-order valence-corrected chi connectivity index (χ2v) is 6.15. The Labute approximate surface area is 122 Å². The van der Waals surface area contributed by atoms with Crippen LogP contribution in [0.5, 0.6) is 0 Å². The molecule has 0 spiro atoms. The molecule has 5 nitrogen and oxygen atoms in total. The SMILES string of the molecule is CSC(C)CNC(=O)N1Cc2ccc(C(=O)O)cc2C1. The molecule has 0 bridgehead atoms. The largest absolute Gasteiger partial charge is 0.478 e. The maximum absolute atomic E-state index is 12.0. The topological polar surface area (TPSA) is 69.6 Å². The third-order valence-electron chi connectivity index (χ3n) is 3.41. The van der Waals surface area contributed by atoms with E-state index >= 15 is 0 Å². The number of amides is 2. The molecule has 0 radical (unpaired) electrons. The lowest BCUT2D eigenvalue weighted by Crippen LogP contribution is -2.39. The average molecular weight is 294 g/mol. The molecule has 0 saturated heterocycles. The Morgan fingerprint density at radius 2 is 2.10 bits per heavy atom. The third kappa shape index (κ3) is 3.25. The number of hydrogen-bond acceptors (Lipinski definition) is 3. The number of nitrogens with zero attached hydrogens (tertiary/aromatic N) is 1. The number of nitrogens with one attached hydrogen (secondary N) is 1. The number of carboxylic acids is 1. The van der Waals surface area contributed by atoms with E-state index in [1.54, 1.807) is 34.9 Å². The Morgan fingerprint density at radius 3 is 2.75 bits per heavy atom. The van der Waals surface area contributed by atoms with Crippen LogP contribution < -0.4 is 5.32 Å². The van der Waals surface area contributed by atoms with Gasteiger partial charge in [-0.3, -0.25) is 0 Å². The van der Waals surface area contributed by atoms with Gasteiger partial charge in [-0.1, -0.05) is 13.0 Å². The van der Waals surface area contributed by atoms with E-state index in [9.17, 15) is 9.59 Å². The molecule has 1 aliphatic heterocycles. The van der Waals surface area contributed by atoms with Crippen LogP contribution in [0.1, 0.15) is 28.4 Å². The van der Waals surface area contributed by atoms with E-state index in [2.05, 4.69) is 12.2 Å². The lowest BCUT2D eigenvalue weighted by Gasteiger charge is -2.18. The Kier molecular flexibility index (Phi) is 4.54. The van der Waals surface area contributed by atoms with Crippen LogP contribution >= 0.6 is 11.8 Å². The summed E-state index contributed by atoms with van der Waals surface area (Å²) >= 11 is 1.70. The predicted octanol–water partition coefficient (Wildman–Crippen LogP) is 2.16. The van der Waals surface area contributed by atoms with Gasteiger partial charge < -0.3 is 15.3 Å². The quantitative estimate of drug-likeness (QED) is 0.893. The molecule has 1 heterocycles. The minimum Gasteiger partial charge on any atom is -0.478 e. The van der Waals surface area contributed by atoms with Gasteiger partial charge in [0.15, 0.2) is 0 Å². The number of carboxylic acid groups (broad SMARTS) is 1. The minimum atomic E-state index is -0.940. The van der Waals surface area contributed by atoms with Gasteiger partial charge in [0.05, 0.1) is 5.56 Å². The molecule has 0 aromatic heterocycles. The monoisotopic (exact) mass is 294 g/mol. The van der Waals surface area contributed by atoms with E-state index in [4.69, 9.17) is 5.11 Å². The normalized spacial score (nSPS) is 14.8. The lowest BCUT2D eigenvalue weighted by molar-refractivity contribution is 0.0696. The molecule has 108 valence electrons. The fourth-order valence-corrected chi connectivity index (χ4v) is 2.35. The van der Waals surface area contributed by atoms with Crippen molar-refractivity contribution in [2.75, 3.05) is 12.8 Å². The molecule has 1 aromatic carbocycles. The summed E-state index contributed by atoms with van der Waals surface area (Å²) in [6, 6.07) is 4.92. The molecule has 6 heteroatoms. The maximum Gasteiger partial charge on any atom is 0.335 e. The molecular formula is C14H18N2O3S. The lowest BCUT2D eigenvalue weighted by atomic mass is 10.1. The summed E-state index contributed by atoms with van der Waals surface area (Å²) in [5, 5.41) is 12.2. The van der Waals surface area contributed by atoms with Crippen LogP contribution in [0.15, 0.2) is 18.2 Å². The Bertz CT molecular complexity index is 533. The highest BCUT2D eigenvalue weighted by molar-refractivity contribution is 7.99. The van der Waals surface area contributed by atoms with Crippen molar-refractivity contribution in [2.45, 2.75) is 25.3 Å². The van der Waals surface area contributed by atoms with Gasteiger partial charge >= 0.3 is 12.0 Å². The van der Waals surface area contributed by atoms with Crippen molar-refractivity contribution in [2.24, 2.45) is 0 Å². The number of fused-ring (bicyclic) bond motifs is 1. The Hall–Kier alpha value is -1.69. The van der Waals surface area contributed by atoms with Crippen LogP contribution in [0.3, 0.4) is 0 Å². The van der Waals surface area contributed by atoms with Crippen LogP contribution in [0, 0.1) is 0 Å². The zero-order chi connectivity index (χ0) is 14.7. The van der Waals surface area contributed by atoms with E-state index in [1.807, 2.05) is 6.26 Å². The van der Waals surface area contributed by atoms with Gasteiger partial charge in [0.2, 0.25) is 0 Å². The highest BCUT2D eigenvalue weighted by Crippen LogP contribution is 2.23. The van der Waals surface area contributed by atoms with Crippen molar-refractivity contribution in [3.63, 3.8) is 0 Å². The fourth-order valence-electron chi connectivity index (χ4n) is 2.10. The smallest absolute Gasteiger partial charge is 0.335 e. The number of carbonyl (C=O) groups is 2. The molecule has 0 aliphatic carbocycles. The average Bonchev–Trinajstić information content (AvgIpc) is 2.87. The maximum atomic E-state index is 12.0. The molecule has 1 atom stereocenters. The molecule has 1 unspecified atom stereocenters. The van der Waals surface area contributed by atoms with Gasteiger partial charge in [-0.05, 0) is 29.5 Å². The first kappa shape index (κ1) is 14.7. The van der Waals surface area contributed by atoms with Crippen molar-refractivity contribution >= 4 is 23.8 Å². The van der Waals surface area contributed by atoms with Gasteiger partial charge in [-0.2, -0.15) is 11.8 Å². The third-order valence-corrected chi connectivity index (χ3v) is 4.38. The molecular weight excluding hydrogens is 276 g/mol. The van der Waals surface area contributed by atoms with Gasteiger partial charge in [0, 0.05) is 24.9 Å².